The maximum atomic E-state index is 11.3. The molecule has 0 aliphatic rings. The third kappa shape index (κ3) is 4.24. The highest BCUT2D eigenvalue weighted by Crippen LogP contribution is 2.18. The molecule has 0 aliphatic carbocycles. The van der Waals surface area contributed by atoms with Crippen molar-refractivity contribution in [3.05, 3.63) is 23.4 Å². The van der Waals surface area contributed by atoms with Gasteiger partial charge in [0, 0.05) is 11.7 Å². The normalized spacial score (nSPS) is 12.2. The number of rotatable bonds is 6. The fraction of sp³-hybridized carbons (Fsp3) is 0.462. The van der Waals surface area contributed by atoms with Gasteiger partial charge in [-0.15, -0.1) is 0 Å². The summed E-state index contributed by atoms with van der Waals surface area (Å²) in [4.78, 5) is 26.4. The summed E-state index contributed by atoms with van der Waals surface area (Å²) >= 11 is 0. The Morgan fingerprint density at radius 2 is 2.05 bits per heavy atom. The number of nitrogens with one attached hydrogen (secondary N) is 1. The van der Waals surface area contributed by atoms with Crippen molar-refractivity contribution in [3.63, 3.8) is 0 Å². The largest absolute Gasteiger partial charge is 0.481 e. The number of hydrogen-bond donors (Lipinski definition) is 3. The van der Waals surface area contributed by atoms with E-state index in [0.29, 0.717) is 5.82 Å². The van der Waals surface area contributed by atoms with Crippen LogP contribution in [0.3, 0.4) is 0 Å². The summed E-state index contributed by atoms with van der Waals surface area (Å²) in [5.74, 6) is -1.07. The van der Waals surface area contributed by atoms with Gasteiger partial charge >= 0.3 is 5.97 Å². The molecule has 0 fully saturated rings. The molecule has 1 heterocycles. The number of anilines is 1. The molecular formula is C13H19N3O3. The van der Waals surface area contributed by atoms with E-state index in [1.807, 2.05) is 13.8 Å². The Bertz CT molecular complexity index is 486. The highest BCUT2D eigenvalue weighted by molar-refractivity contribution is 5.97. The highest BCUT2D eigenvalue weighted by atomic mass is 16.4. The number of aliphatic carboxylic acids is 1. The summed E-state index contributed by atoms with van der Waals surface area (Å²) < 4.78 is 0. The van der Waals surface area contributed by atoms with Gasteiger partial charge in [0.1, 0.15) is 5.82 Å². The van der Waals surface area contributed by atoms with Gasteiger partial charge in [0.05, 0.1) is 12.0 Å². The molecule has 0 saturated carbocycles. The van der Waals surface area contributed by atoms with E-state index in [1.54, 1.807) is 19.1 Å². The van der Waals surface area contributed by atoms with Crippen LogP contribution in [0.5, 0.6) is 0 Å². The third-order valence-electron chi connectivity index (χ3n) is 2.82. The van der Waals surface area contributed by atoms with Crippen molar-refractivity contribution < 1.29 is 14.7 Å². The maximum absolute atomic E-state index is 11.3. The second-order valence-electron chi connectivity index (χ2n) is 4.81. The molecule has 0 bridgehead atoms. The predicted molar refractivity (Wildman–Crippen MR) is 72.0 cm³/mol. The zero-order valence-corrected chi connectivity index (χ0v) is 11.3. The van der Waals surface area contributed by atoms with Crippen LogP contribution in [-0.2, 0) is 4.79 Å². The molecule has 19 heavy (non-hydrogen) atoms. The molecule has 6 heteroatoms. The smallest absolute Gasteiger partial charge is 0.305 e. The average Bonchev–Trinajstić information content (AvgIpc) is 2.26. The maximum Gasteiger partial charge on any atom is 0.305 e. The minimum absolute atomic E-state index is 0.0501. The van der Waals surface area contributed by atoms with E-state index < -0.39 is 11.9 Å². The van der Waals surface area contributed by atoms with E-state index in [4.69, 9.17) is 10.8 Å². The van der Waals surface area contributed by atoms with E-state index >= 15 is 0 Å². The molecule has 1 amide bonds. The van der Waals surface area contributed by atoms with Gasteiger partial charge in [-0.2, -0.15) is 0 Å². The van der Waals surface area contributed by atoms with Crippen LogP contribution in [0, 0.1) is 12.8 Å². The zero-order chi connectivity index (χ0) is 14.6. The molecule has 4 N–H and O–H groups in total. The molecule has 0 radical (unpaired) electrons. The Labute approximate surface area is 112 Å². The van der Waals surface area contributed by atoms with Gasteiger partial charge in [-0.1, -0.05) is 13.8 Å². The SMILES string of the molecule is Cc1ccc(C(N)=O)c(NC(CC(=O)O)C(C)C)n1. The van der Waals surface area contributed by atoms with E-state index in [0.717, 1.165) is 5.69 Å². The average molecular weight is 265 g/mol. The lowest BCUT2D eigenvalue weighted by molar-refractivity contribution is -0.137. The van der Waals surface area contributed by atoms with Gasteiger partial charge in [-0.05, 0) is 25.0 Å². The number of pyridine rings is 1. The van der Waals surface area contributed by atoms with Crippen molar-refractivity contribution in [1.29, 1.82) is 0 Å². The molecule has 0 spiro atoms. The number of carbonyl (C=O) groups excluding carboxylic acids is 1. The number of primary amides is 1. The molecule has 0 saturated heterocycles. The topological polar surface area (TPSA) is 105 Å². The van der Waals surface area contributed by atoms with Gasteiger partial charge in [0.15, 0.2) is 0 Å². The van der Waals surface area contributed by atoms with Crippen LogP contribution < -0.4 is 11.1 Å². The fourth-order valence-corrected chi connectivity index (χ4v) is 1.68. The molecule has 1 atom stereocenters. The fourth-order valence-electron chi connectivity index (χ4n) is 1.68. The van der Waals surface area contributed by atoms with E-state index in [2.05, 4.69) is 10.3 Å². The van der Waals surface area contributed by atoms with Crippen LogP contribution >= 0.6 is 0 Å². The van der Waals surface area contributed by atoms with Crippen LogP contribution in [0.4, 0.5) is 5.82 Å². The van der Waals surface area contributed by atoms with Gasteiger partial charge in [0.2, 0.25) is 0 Å². The molecular weight excluding hydrogens is 246 g/mol. The third-order valence-corrected chi connectivity index (χ3v) is 2.82. The minimum Gasteiger partial charge on any atom is -0.481 e. The first kappa shape index (κ1) is 14.9. The summed E-state index contributed by atoms with van der Waals surface area (Å²) in [5.41, 5.74) is 6.28. The Kier molecular flexibility index (Phi) is 4.86. The van der Waals surface area contributed by atoms with Crippen molar-refractivity contribution in [2.45, 2.75) is 33.2 Å². The number of aryl methyl sites for hydroxylation is 1. The van der Waals surface area contributed by atoms with Crippen molar-refractivity contribution >= 4 is 17.7 Å². The molecule has 1 aromatic heterocycles. The van der Waals surface area contributed by atoms with Crippen LogP contribution in [0.25, 0.3) is 0 Å². The molecule has 1 unspecified atom stereocenters. The Hall–Kier alpha value is -2.11. The number of aromatic nitrogens is 1. The van der Waals surface area contributed by atoms with Gasteiger partial charge in [0.25, 0.3) is 5.91 Å². The first-order valence-corrected chi connectivity index (χ1v) is 6.07. The zero-order valence-electron chi connectivity index (χ0n) is 11.3. The molecule has 104 valence electrons. The number of carboxylic acid groups (broad SMARTS) is 1. The van der Waals surface area contributed by atoms with E-state index in [9.17, 15) is 9.59 Å². The van der Waals surface area contributed by atoms with Gasteiger partial charge in [-0.25, -0.2) is 4.98 Å². The van der Waals surface area contributed by atoms with Crippen molar-refractivity contribution in [1.82, 2.24) is 4.98 Å². The standard InChI is InChI=1S/C13H19N3O3/c1-7(2)10(6-11(17)18)16-13-9(12(14)19)5-4-8(3)15-13/h4-5,7,10H,6H2,1-3H3,(H2,14,19)(H,15,16)(H,17,18). The van der Waals surface area contributed by atoms with Gasteiger partial charge in [-0.3, -0.25) is 9.59 Å². The van der Waals surface area contributed by atoms with Gasteiger partial charge < -0.3 is 16.2 Å². The lowest BCUT2D eigenvalue weighted by Crippen LogP contribution is -2.30. The summed E-state index contributed by atoms with van der Waals surface area (Å²) in [6.45, 7) is 5.60. The van der Waals surface area contributed by atoms with Crippen LogP contribution in [0.15, 0.2) is 12.1 Å². The molecule has 0 aliphatic heterocycles. The van der Waals surface area contributed by atoms with Crippen molar-refractivity contribution in [2.24, 2.45) is 11.7 Å². The van der Waals surface area contributed by atoms with Crippen molar-refractivity contribution in [2.75, 3.05) is 5.32 Å². The van der Waals surface area contributed by atoms with Crippen LogP contribution in [0.2, 0.25) is 0 Å². The van der Waals surface area contributed by atoms with Crippen LogP contribution in [-0.4, -0.2) is 28.0 Å². The summed E-state index contributed by atoms with van der Waals surface area (Å²) in [6.07, 6.45) is -0.0501. The monoisotopic (exact) mass is 265 g/mol. The first-order valence-electron chi connectivity index (χ1n) is 6.07. The second kappa shape index (κ2) is 6.17. The highest BCUT2D eigenvalue weighted by Gasteiger charge is 2.20. The summed E-state index contributed by atoms with van der Waals surface area (Å²) in [7, 11) is 0. The number of carbonyl (C=O) groups is 2. The van der Waals surface area contributed by atoms with Crippen molar-refractivity contribution in [3.8, 4) is 0 Å². The molecule has 6 nitrogen and oxygen atoms in total. The Morgan fingerprint density at radius 3 is 2.53 bits per heavy atom. The molecule has 0 aromatic carbocycles. The lowest BCUT2D eigenvalue weighted by Gasteiger charge is -2.22. The van der Waals surface area contributed by atoms with E-state index in [-0.39, 0.29) is 23.9 Å². The number of nitrogens with zero attached hydrogens (tertiary/aromatic N) is 1. The summed E-state index contributed by atoms with van der Waals surface area (Å²) in [6, 6.07) is 2.96. The number of carboxylic acids is 1. The Balaban J connectivity index is 3.04. The minimum atomic E-state index is -0.903. The number of hydrogen-bond acceptors (Lipinski definition) is 4. The first-order chi connectivity index (χ1) is 8.81. The van der Waals surface area contributed by atoms with E-state index in [1.165, 1.54) is 0 Å². The second-order valence-corrected chi connectivity index (χ2v) is 4.81. The predicted octanol–water partition coefficient (Wildman–Crippen LogP) is 1.40. The molecule has 1 aromatic rings. The van der Waals surface area contributed by atoms with Crippen LogP contribution in [0.1, 0.15) is 36.3 Å². The molecule has 1 rings (SSSR count). The quantitative estimate of drug-likeness (QED) is 0.721. The lowest BCUT2D eigenvalue weighted by atomic mass is 10.0. The Morgan fingerprint density at radius 1 is 1.42 bits per heavy atom. The summed E-state index contributed by atoms with van der Waals surface area (Å²) in [5, 5.41) is 11.9. The number of amides is 1. The number of nitrogens with two attached hydrogens (primary N) is 1.